The molecule has 7 nitrogen and oxygen atoms in total. The Morgan fingerprint density at radius 3 is 2.30 bits per heavy atom. The predicted molar refractivity (Wildman–Crippen MR) is 128 cm³/mol. The number of methoxy groups -OCH3 is 2. The summed E-state index contributed by atoms with van der Waals surface area (Å²) >= 11 is 0. The van der Waals surface area contributed by atoms with Gasteiger partial charge in [-0.2, -0.15) is 0 Å². The van der Waals surface area contributed by atoms with Crippen molar-refractivity contribution in [2.45, 2.75) is 64.3 Å². The summed E-state index contributed by atoms with van der Waals surface area (Å²) in [5.74, 6) is -0.556. The summed E-state index contributed by atoms with van der Waals surface area (Å²) < 4.78 is 14.6. The van der Waals surface area contributed by atoms with Crippen LogP contribution in [0.1, 0.15) is 69.9 Å². The van der Waals surface area contributed by atoms with Crippen molar-refractivity contribution in [3.8, 4) is 0 Å². The van der Waals surface area contributed by atoms with Crippen molar-refractivity contribution in [1.29, 1.82) is 0 Å². The second kappa shape index (κ2) is 17.5. The Bertz CT molecular complexity index is 772. The van der Waals surface area contributed by atoms with Crippen LogP contribution in [0.2, 0.25) is 0 Å². The lowest BCUT2D eigenvalue weighted by Gasteiger charge is -2.16. The van der Waals surface area contributed by atoms with Crippen molar-refractivity contribution >= 4 is 18.0 Å². The molecule has 0 bridgehead atoms. The van der Waals surface area contributed by atoms with Crippen molar-refractivity contribution in [3.63, 3.8) is 0 Å². The first kappa shape index (κ1) is 27.9. The SMILES string of the molecule is CCOC(=O)/C(=C/C(NC(=O)OC)c1ccccc1)C/C=C/CCCCCCCC(=O)OC. The predicted octanol–water partition coefficient (Wildman–Crippen LogP) is 5.42. The van der Waals surface area contributed by atoms with E-state index in [0.29, 0.717) is 18.4 Å². The Labute approximate surface area is 197 Å². The lowest BCUT2D eigenvalue weighted by atomic mass is 10.0. The van der Waals surface area contributed by atoms with Crippen LogP contribution in [0.25, 0.3) is 0 Å². The Morgan fingerprint density at radius 2 is 1.64 bits per heavy atom. The number of ether oxygens (including phenoxy) is 3. The Balaban J connectivity index is 2.65. The van der Waals surface area contributed by atoms with Gasteiger partial charge in [0, 0.05) is 12.0 Å². The molecule has 0 fully saturated rings. The van der Waals surface area contributed by atoms with Gasteiger partial charge in [0.1, 0.15) is 0 Å². The summed E-state index contributed by atoms with van der Waals surface area (Å²) in [5, 5.41) is 2.76. The van der Waals surface area contributed by atoms with Gasteiger partial charge < -0.3 is 19.5 Å². The number of rotatable bonds is 15. The molecular weight excluding hydrogens is 422 g/mol. The lowest BCUT2D eigenvalue weighted by molar-refractivity contribution is -0.141. The maximum atomic E-state index is 12.5. The number of hydrogen-bond acceptors (Lipinski definition) is 6. The lowest BCUT2D eigenvalue weighted by Crippen LogP contribution is -2.28. The number of amides is 1. The fourth-order valence-corrected chi connectivity index (χ4v) is 3.20. The van der Waals surface area contributed by atoms with Gasteiger partial charge in [0.25, 0.3) is 0 Å². The first-order valence-electron chi connectivity index (χ1n) is 11.5. The summed E-state index contributed by atoms with van der Waals surface area (Å²) in [6.07, 6.45) is 12.1. The average Bonchev–Trinajstić information content (AvgIpc) is 2.83. The molecule has 0 aromatic heterocycles. The number of carbonyl (C=O) groups is 3. The van der Waals surface area contributed by atoms with Crippen molar-refractivity contribution in [2.75, 3.05) is 20.8 Å². The first-order chi connectivity index (χ1) is 16.0. The van der Waals surface area contributed by atoms with Crippen LogP contribution in [0, 0.1) is 0 Å². The van der Waals surface area contributed by atoms with Crippen LogP contribution in [0.5, 0.6) is 0 Å². The van der Waals surface area contributed by atoms with E-state index in [2.05, 4.69) is 16.1 Å². The third-order valence-corrected chi connectivity index (χ3v) is 5.01. The third-order valence-electron chi connectivity index (χ3n) is 5.01. The molecule has 1 unspecified atom stereocenters. The molecule has 182 valence electrons. The van der Waals surface area contributed by atoms with Crippen LogP contribution in [-0.4, -0.2) is 38.9 Å². The fourth-order valence-electron chi connectivity index (χ4n) is 3.20. The van der Waals surface area contributed by atoms with Crippen LogP contribution >= 0.6 is 0 Å². The van der Waals surface area contributed by atoms with Crippen LogP contribution in [0.4, 0.5) is 4.79 Å². The molecule has 0 aliphatic carbocycles. The van der Waals surface area contributed by atoms with E-state index in [1.165, 1.54) is 14.2 Å². The standard InChI is InChI=1S/C26H37NO6/c1-4-33-25(29)22(18-12-9-7-5-6-8-10-15-19-24(28)31-2)20-23(27-26(30)32-3)21-16-13-11-14-17-21/h9,11-14,16-17,20,23H,4-8,10,15,18-19H2,1-3H3,(H,27,30)/b12-9+,22-20+. The van der Waals surface area contributed by atoms with Gasteiger partial charge in [-0.25, -0.2) is 9.59 Å². The zero-order valence-corrected chi connectivity index (χ0v) is 20.0. The Morgan fingerprint density at radius 1 is 0.939 bits per heavy atom. The maximum absolute atomic E-state index is 12.5. The van der Waals surface area contributed by atoms with Crippen molar-refractivity contribution in [3.05, 3.63) is 59.7 Å². The van der Waals surface area contributed by atoms with E-state index in [1.807, 2.05) is 36.4 Å². The van der Waals surface area contributed by atoms with Gasteiger partial charge in [-0.15, -0.1) is 0 Å². The highest BCUT2D eigenvalue weighted by atomic mass is 16.5. The highest BCUT2D eigenvalue weighted by Crippen LogP contribution is 2.19. The number of hydrogen-bond donors (Lipinski definition) is 1. The minimum atomic E-state index is -0.578. The van der Waals surface area contributed by atoms with Crippen LogP contribution in [0.15, 0.2) is 54.1 Å². The first-order valence-corrected chi connectivity index (χ1v) is 11.5. The minimum absolute atomic E-state index is 0.153. The molecule has 33 heavy (non-hydrogen) atoms. The smallest absolute Gasteiger partial charge is 0.407 e. The second-order valence-corrected chi connectivity index (χ2v) is 7.49. The largest absolute Gasteiger partial charge is 0.469 e. The van der Waals surface area contributed by atoms with Crippen LogP contribution in [-0.2, 0) is 23.8 Å². The highest BCUT2D eigenvalue weighted by Gasteiger charge is 2.17. The Hall–Kier alpha value is -3.09. The average molecular weight is 460 g/mol. The molecule has 1 aromatic rings. The number of unbranched alkanes of at least 4 members (excludes halogenated alkanes) is 5. The molecular formula is C26H37NO6. The summed E-state index contributed by atoms with van der Waals surface area (Å²) in [5.41, 5.74) is 1.31. The summed E-state index contributed by atoms with van der Waals surface area (Å²) in [6.45, 7) is 2.04. The van der Waals surface area contributed by atoms with E-state index >= 15 is 0 Å². The summed E-state index contributed by atoms with van der Waals surface area (Å²) in [4.78, 5) is 35.4. The zero-order valence-electron chi connectivity index (χ0n) is 20.0. The molecule has 0 aliphatic heterocycles. The number of esters is 2. The Kier molecular flexibility index (Phi) is 14.8. The molecule has 0 spiro atoms. The topological polar surface area (TPSA) is 90.9 Å². The van der Waals surface area contributed by atoms with E-state index < -0.39 is 18.1 Å². The number of alkyl carbamates (subject to hydrolysis) is 1. The van der Waals surface area contributed by atoms with E-state index in [1.54, 1.807) is 13.0 Å². The molecule has 1 N–H and O–H groups in total. The molecule has 0 saturated heterocycles. The van der Waals surface area contributed by atoms with E-state index in [-0.39, 0.29) is 12.6 Å². The number of nitrogens with one attached hydrogen (secondary N) is 1. The number of carbonyl (C=O) groups excluding carboxylic acids is 3. The van der Waals surface area contributed by atoms with Gasteiger partial charge in [-0.3, -0.25) is 4.79 Å². The quantitative estimate of drug-likeness (QED) is 0.124. The normalized spacial score (nSPS) is 12.3. The summed E-state index contributed by atoms with van der Waals surface area (Å²) in [7, 11) is 2.71. The highest BCUT2D eigenvalue weighted by molar-refractivity contribution is 5.89. The molecule has 0 aliphatic rings. The molecule has 0 radical (unpaired) electrons. The molecule has 0 saturated carbocycles. The molecule has 1 amide bonds. The summed E-state index contributed by atoms with van der Waals surface area (Å²) in [6, 6.07) is 8.86. The zero-order chi connectivity index (χ0) is 24.3. The van der Waals surface area contributed by atoms with Gasteiger partial charge in [0.05, 0.1) is 26.9 Å². The fraction of sp³-hybridized carbons (Fsp3) is 0.500. The van der Waals surface area contributed by atoms with Crippen molar-refractivity contribution < 1.29 is 28.6 Å². The van der Waals surface area contributed by atoms with E-state index in [9.17, 15) is 14.4 Å². The molecule has 1 rings (SSSR count). The van der Waals surface area contributed by atoms with Gasteiger partial charge in [-0.1, -0.05) is 61.7 Å². The number of allylic oxidation sites excluding steroid dienone is 2. The monoisotopic (exact) mass is 459 g/mol. The van der Waals surface area contributed by atoms with Crippen LogP contribution in [0.3, 0.4) is 0 Å². The number of benzene rings is 1. The van der Waals surface area contributed by atoms with E-state index in [0.717, 1.165) is 44.1 Å². The van der Waals surface area contributed by atoms with E-state index in [4.69, 9.17) is 9.47 Å². The van der Waals surface area contributed by atoms with Gasteiger partial charge in [0.2, 0.25) is 0 Å². The van der Waals surface area contributed by atoms with Crippen molar-refractivity contribution in [1.82, 2.24) is 5.32 Å². The second-order valence-electron chi connectivity index (χ2n) is 7.49. The molecule has 1 aromatic carbocycles. The third kappa shape index (κ3) is 12.5. The van der Waals surface area contributed by atoms with Crippen molar-refractivity contribution in [2.24, 2.45) is 0 Å². The van der Waals surface area contributed by atoms with Gasteiger partial charge in [-0.05, 0) is 44.2 Å². The molecule has 7 heteroatoms. The molecule has 1 atom stereocenters. The van der Waals surface area contributed by atoms with Crippen LogP contribution < -0.4 is 5.32 Å². The minimum Gasteiger partial charge on any atom is -0.469 e. The van der Waals surface area contributed by atoms with Gasteiger partial charge >= 0.3 is 18.0 Å². The van der Waals surface area contributed by atoms with Gasteiger partial charge in [0.15, 0.2) is 0 Å². The maximum Gasteiger partial charge on any atom is 0.407 e. The molecule has 0 heterocycles.